The summed E-state index contributed by atoms with van der Waals surface area (Å²) in [5.41, 5.74) is 0. The van der Waals surface area contributed by atoms with E-state index in [0.717, 1.165) is 17.8 Å². The van der Waals surface area contributed by atoms with E-state index in [9.17, 15) is 13.2 Å². The van der Waals surface area contributed by atoms with Crippen LogP contribution in [0.5, 0.6) is 0 Å². The van der Waals surface area contributed by atoms with Crippen LogP contribution in [-0.4, -0.2) is 40.6 Å². The molecule has 3 nitrogen and oxygen atoms in total. The third kappa shape index (κ3) is 5.32. The van der Waals surface area contributed by atoms with Gasteiger partial charge in [-0.25, -0.2) is 0 Å². The standard InChI is InChI=1S/C7H10F3NO2S/c8-7(9,10)5(1-11)3-14-4-6(13)2-12/h5-6,12-13H,2-4H2. The summed E-state index contributed by atoms with van der Waals surface area (Å²) in [5.74, 6) is -2.44. The molecule has 0 aromatic heterocycles. The summed E-state index contributed by atoms with van der Waals surface area (Å²) in [6.45, 7) is -0.490. The molecule has 2 atom stereocenters. The fraction of sp³-hybridized carbons (Fsp3) is 0.857. The maximum atomic E-state index is 12.0. The van der Waals surface area contributed by atoms with Crippen molar-refractivity contribution in [2.75, 3.05) is 18.1 Å². The molecule has 0 aliphatic carbocycles. The molecule has 0 aromatic carbocycles. The van der Waals surface area contributed by atoms with Gasteiger partial charge < -0.3 is 10.2 Å². The van der Waals surface area contributed by atoms with Gasteiger partial charge in [-0.2, -0.15) is 30.2 Å². The van der Waals surface area contributed by atoms with Gasteiger partial charge in [0.1, 0.15) is 0 Å². The van der Waals surface area contributed by atoms with Crippen molar-refractivity contribution in [1.82, 2.24) is 0 Å². The van der Waals surface area contributed by atoms with Crippen LogP contribution in [0.25, 0.3) is 0 Å². The molecule has 0 bridgehead atoms. The molecule has 0 aliphatic heterocycles. The van der Waals surface area contributed by atoms with E-state index in [1.165, 1.54) is 0 Å². The van der Waals surface area contributed by atoms with E-state index >= 15 is 0 Å². The average Bonchev–Trinajstić information content (AvgIpc) is 2.09. The highest BCUT2D eigenvalue weighted by molar-refractivity contribution is 7.99. The van der Waals surface area contributed by atoms with Gasteiger partial charge in [0.25, 0.3) is 0 Å². The minimum Gasteiger partial charge on any atom is -0.394 e. The van der Waals surface area contributed by atoms with Crippen molar-refractivity contribution < 1.29 is 23.4 Å². The minimum atomic E-state index is -4.52. The van der Waals surface area contributed by atoms with Gasteiger partial charge in [-0.1, -0.05) is 0 Å². The number of aliphatic hydroxyl groups excluding tert-OH is 2. The number of halogens is 3. The Balaban J connectivity index is 3.82. The van der Waals surface area contributed by atoms with Crippen LogP contribution in [0.2, 0.25) is 0 Å². The Hall–Kier alpha value is -0.450. The first kappa shape index (κ1) is 13.5. The second-order valence-electron chi connectivity index (χ2n) is 2.60. The molecule has 2 unspecified atom stereocenters. The molecule has 0 aliphatic rings. The van der Waals surface area contributed by atoms with E-state index in [1.807, 2.05) is 0 Å². The lowest BCUT2D eigenvalue weighted by atomic mass is 10.2. The average molecular weight is 229 g/mol. The maximum absolute atomic E-state index is 12.0. The van der Waals surface area contributed by atoms with E-state index < -0.39 is 30.6 Å². The molecule has 2 N–H and O–H groups in total. The SMILES string of the molecule is N#CC(CSCC(O)CO)C(F)(F)F. The lowest BCUT2D eigenvalue weighted by Gasteiger charge is -2.13. The molecule has 0 amide bonds. The Morgan fingerprint density at radius 1 is 1.36 bits per heavy atom. The number of hydrogen-bond donors (Lipinski definition) is 2. The molecule has 0 saturated heterocycles. The van der Waals surface area contributed by atoms with Crippen LogP contribution in [0.3, 0.4) is 0 Å². The second-order valence-corrected chi connectivity index (χ2v) is 3.67. The number of alkyl halides is 3. The largest absolute Gasteiger partial charge is 0.405 e. The molecular formula is C7H10F3NO2S. The van der Waals surface area contributed by atoms with Gasteiger partial charge in [0, 0.05) is 11.5 Å². The molecule has 0 aromatic rings. The number of rotatable bonds is 5. The second kappa shape index (κ2) is 6.11. The Morgan fingerprint density at radius 3 is 2.29 bits per heavy atom. The topological polar surface area (TPSA) is 64.2 Å². The van der Waals surface area contributed by atoms with Gasteiger partial charge in [-0.15, -0.1) is 0 Å². The van der Waals surface area contributed by atoms with E-state index in [0.29, 0.717) is 0 Å². The van der Waals surface area contributed by atoms with Crippen LogP contribution < -0.4 is 0 Å². The molecule has 0 radical (unpaired) electrons. The van der Waals surface area contributed by atoms with Gasteiger partial charge in [-0.05, 0) is 0 Å². The predicted molar refractivity (Wildman–Crippen MR) is 45.6 cm³/mol. The van der Waals surface area contributed by atoms with Crippen molar-refractivity contribution >= 4 is 11.8 Å². The van der Waals surface area contributed by atoms with Crippen LogP contribution in [0.1, 0.15) is 0 Å². The van der Waals surface area contributed by atoms with E-state index in [-0.39, 0.29) is 5.75 Å². The molecule has 7 heteroatoms. The summed E-state index contributed by atoms with van der Waals surface area (Å²) in [7, 11) is 0. The maximum Gasteiger partial charge on any atom is 0.405 e. The normalized spacial score (nSPS) is 16.0. The summed E-state index contributed by atoms with van der Waals surface area (Å²) >= 11 is 0.793. The lowest BCUT2D eigenvalue weighted by molar-refractivity contribution is -0.152. The van der Waals surface area contributed by atoms with Gasteiger partial charge >= 0.3 is 6.18 Å². The predicted octanol–water partition coefficient (Wildman–Crippen LogP) is 0.775. The van der Waals surface area contributed by atoms with Crippen LogP contribution in [0.15, 0.2) is 0 Å². The zero-order chi connectivity index (χ0) is 11.2. The molecule has 0 rings (SSSR count). The molecule has 0 spiro atoms. The van der Waals surface area contributed by atoms with Crippen LogP contribution in [0.4, 0.5) is 13.2 Å². The van der Waals surface area contributed by atoms with Crippen LogP contribution >= 0.6 is 11.8 Å². The zero-order valence-corrected chi connectivity index (χ0v) is 7.98. The highest BCUT2D eigenvalue weighted by atomic mass is 32.2. The summed E-state index contributed by atoms with van der Waals surface area (Å²) < 4.78 is 35.9. The van der Waals surface area contributed by atoms with Crippen molar-refractivity contribution in [3.63, 3.8) is 0 Å². The van der Waals surface area contributed by atoms with E-state index in [4.69, 9.17) is 15.5 Å². The first-order valence-corrected chi connectivity index (χ1v) is 4.90. The summed E-state index contributed by atoms with van der Waals surface area (Å²) in [5, 5.41) is 25.4. The number of hydrogen-bond acceptors (Lipinski definition) is 4. The zero-order valence-electron chi connectivity index (χ0n) is 7.16. The quantitative estimate of drug-likeness (QED) is 0.731. The molecule has 0 saturated carbocycles. The molecule has 0 heterocycles. The van der Waals surface area contributed by atoms with Crippen LogP contribution in [-0.2, 0) is 0 Å². The Morgan fingerprint density at radius 2 is 1.93 bits per heavy atom. The first-order valence-electron chi connectivity index (χ1n) is 3.74. The molecule has 0 fully saturated rings. The number of thioether (sulfide) groups is 1. The van der Waals surface area contributed by atoms with Crippen molar-refractivity contribution in [2.45, 2.75) is 12.3 Å². The fourth-order valence-electron chi connectivity index (χ4n) is 0.580. The van der Waals surface area contributed by atoms with Gasteiger partial charge in [0.05, 0.1) is 18.8 Å². The Labute approximate surface area is 83.5 Å². The highest BCUT2D eigenvalue weighted by Gasteiger charge is 2.39. The van der Waals surface area contributed by atoms with E-state index in [2.05, 4.69) is 0 Å². The smallest absolute Gasteiger partial charge is 0.394 e. The number of nitrogens with zero attached hydrogens (tertiary/aromatic N) is 1. The van der Waals surface area contributed by atoms with Gasteiger partial charge in [0.15, 0.2) is 5.92 Å². The van der Waals surface area contributed by atoms with Gasteiger partial charge in [0.2, 0.25) is 0 Å². The van der Waals surface area contributed by atoms with Crippen molar-refractivity contribution in [3.8, 4) is 6.07 Å². The Kier molecular flexibility index (Phi) is 5.92. The van der Waals surface area contributed by atoms with Gasteiger partial charge in [-0.3, -0.25) is 0 Å². The summed E-state index contributed by atoms with van der Waals surface area (Å²) in [4.78, 5) is 0. The number of aliphatic hydroxyl groups is 2. The minimum absolute atomic E-state index is 0.00917. The third-order valence-electron chi connectivity index (χ3n) is 1.36. The monoisotopic (exact) mass is 229 g/mol. The first-order chi connectivity index (χ1) is 6.41. The summed E-state index contributed by atoms with van der Waals surface area (Å²) in [6.07, 6.45) is -5.56. The van der Waals surface area contributed by atoms with Crippen LogP contribution in [0, 0.1) is 17.2 Å². The lowest BCUT2D eigenvalue weighted by Crippen LogP contribution is -2.24. The van der Waals surface area contributed by atoms with E-state index in [1.54, 1.807) is 0 Å². The third-order valence-corrected chi connectivity index (χ3v) is 2.55. The molecule has 82 valence electrons. The Bertz CT molecular complexity index is 204. The van der Waals surface area contributed by atoms with Crippen molar-refractivity contribution in [3.05, 3.63) is 0 Å². The number of nitriles is 1. The van der Waals surface area contributed by atoms with Crippen molar-refractivity contribution in [1.29, 1.82) is 5.26 Å². The molecule has 14 heavy (non-hydrogen) atoms. The fourth-order valence-corrected chi connectivity index (χ4v) is 1.59. The van der Waals surface area contributed by atoms with Crippen molar-refractivity contribution in [2.24, 2.45) is 5.92 Å². The highest BCUT2D eigenvalue weighted by Crippen LogP contribution is 2.28. The molecular weight excluding hydrogens is 219 g/mol. The summed E-state index contributed by atoms with van der Waals surface area (Å²) in [6, 6.07) is 1.14.